The minimum absolute atomic E-state index is 0.0960. The van der Waals surface area contributed by atoms with Gasteiger partial charge in [-0.2, -0.15) is 0 Å². The molecule has 0 aromatic heterocycles. The molecule has 1 N–H and O–H groups in total. The highest BCUT2D eigenvalue weighted by Gasteiger charge is 2.19. The predicted molar refractivity (Wildman–Crippen MR) is 241 cm³/mol. The van der Waals surface area contributed by atoms with Gasteiger partial charge < -0.3 is 15.0 Å². The third kappa shape index (κ3) is 49.0. The van der Waals surface area contributed by atoms with E-state index in [-0.39, 0.29) is 11.9 Å². The zero-order valence-corrected chi connectivity index (χ0v) is 38.2. The van der Waals surface area contributed by atoms with Gasteiger partial charge in [0, 0.05) is 12.2 Å². The van der Waals surface area contributed by atoms with Crippen molar-refractivity contribution >= 4 is 5.97 Å². The van der Waals surface area contributed by atoms with Crippen molar-refractivity contribution in [3.8, 4) is 0 Å². The highest BCUT2D eigenvalue weighted by molar-refractivity contribution is 5.72. The molecule has 4 heteroatoms. The summed E-state index contributed by atoms with van der Waals surface area (Å²) >= 11 is 0. The van der Waals surface area contributed by atoms with Gasteiger partial charge in [-0.25, -0.2) is 0 Å². The van der Waals surface area contributed by atoms with E-state index >= 15 is 0 Å². The van der Waals surface area contributed by atoms with Gasteiger partial charge >= 0.3 is 5.97 Å². The van der Waals surface area contributed by atoms with Gasteiger partial charge in [0.05, 0.1) is 12.5 Å². The van der Waals surface area contributed by atoms with Crippen LogP contribution in [-0.4, -0.2) is 43.7 Å². The number of hydrogen-bond acceptors (Lipinski definition) is 4. The van der Waals surface area contributed by atoms with Crippen LogP contribution in [0.15, 0.2) is 12.3 Å². The fraction of sp³-hybridized carbons (Fsp3) is 0.939. The summed E-state index contributed by atoms with van der Waals surface area (Å²) in [4.78, 5) is 15.6. The quantitative estimate of drug-likeness (QED) is 0.0502. The molecule has 0 saturated heterocycles. The summed E-state index contributed by atoms with van der Waals surface area (Å²) in [7, 11) is 0. The van der Waals surface area contributed by atoms with Crippen molar-refractivity contribution in [2.24, 2.45) is 5.92 Å². The second-order valence-electron chi connectivity index (χ2n) is 15.9. The normalized spacial score (nSPS) is 11.4. The van der Waals surface area contributed by atoms with E-state index in [0.717, 1.165) is 32.2 Å². The Kier molecular flexibility index (Phi) is 54.1. The molecule has 0 aromatic carbocycles. The number of ether oxygens (including phenoxy) is 1. The van der Waals surface area contributed by atoms with Gasteiger partial charge in [-0.05, 0) is 77.9 Å². The summed E-state index contributed by atoms with van der Waals surface area (Å²) < 4.78 is 5.83. The minimum Gasteiger partial charge on any atom is -0.465 e. The molecule has 1 atom stereocenters. The number of carbonyl (C=O) groups is 1. The summed E-state index contributed by atoms with van der Waals surface area (Å²) in [5, 5.41) is 3.33. The highest BCUT2D eigenvalue weighted by atomic mass is 16.5. The molecule has 0 aliphatic carbocycles. The van der Waals surface area contributed by atoms with Gasteiger partial charge in [0.1, 0.15) is 0 Å². The van der Waals surface area contributed by atoms with Crippen LogP contribution in [0, 0.1) is 5.92 Å². The topological polar surface area (TPSA) is 41.6 Å². The summed E-state index contributed by atoms with van der Waals surface area (Å²) in [6, 6.07) is 0. The lowest BCUT2D eigenvalue weighted by atomic mass is 9.94. The lowest BCUT2D eigenvalue weighted by Gasteiger charge is -2.21. The van der Waals surface area contributed by atoms with Crippen molar-refractivity contribution in [1.82, 2.24) is 10.2 Å². The molecule has 320 valence electrons. The molecule has 0 fully saturated rings. The van der Waals surface area contributed by atoms with Crippen LogP contribution in [0.4, 0.5) is 0 Å². The highest BCUT2D eigenvalue weighted by Crippen LogP contribution is 2.21. The summed E-state index contributed by atoms with van der Waals surface area (Å²) in [6.45, 7) is 27.2. The Morgan fingerprint density at radius 2 is 0.887 bits per heavy atom. The average molecular weight is 751 g/mol. The van der Waals surface area contributed by atoms with Gasteiger partial charge in [-0.15, -0.1) is 0 Å². The molecule has 53 heavy (non-hydrogen) atoms. The number of unbranched alkanes of at least 4 members (excludes halogenated alkanes) is 22. The van der Waals surface area contributed by atoms with Gasteiger partial charge in [0.15, 0.2) is 0 Å². The summed E-state index contributed by atoms with van der Waals surface area (Å²) in [6.07, 6.45) is 40.7. The zero-order chi connectivity index (χ0) is 39.9. The van der Waals surface area contributed by atoms with E-state index < -0.39 is 0 Å². The summed E-state index contributed by atoms with van der Waals surface area (Å²) in [5.74, 6) is 0.225. The van der Waals surface area contributed by atoms with Crippen molar-refractivity contribution in [3.05, 3.63) is 12.3 Å². The average Bonchev–Trinajstić information content (AvgIpc) is 3.16. The second-order valence-corrected chi connectivity index (χ2v) is 15.9. The molecule has 0 rings (SSSR count). The van der Waals surface area contributed by atoms with Crippen LogP contribution >= 0.6 is 0 Å². The van der Waals surface area contributed by atoms with Gasteiger partial charge in [-0.1, -0.05) is 209 Å². The van der Waals surface area contributed by atoms with Gasteiger partial charge in [-0.3, -0.25) is 4.79 Å². The lowest BCUT2D eigenvalue weighted by Crippen LogP contribution is -2.27. The number of nitrogens with one attached hydrogen (secondary N) is 1. The fourth-order valence-corrected chi connectivity index (χ4v) is 6.71. The molecule has 0 radical (unpaired) electrons. The maximum Gasteiger partial charge on any atom is 0.308 e. The van der Waals surface area contributed by atoms with Crippen molar-refractivity contribution in [3.63, 3.8) is 0 Å². The summed E-state index contributed by atoms with van der Waals surface area (Å²) in [5.41, 5.74) is 1.20. The standard InChI is InChI=1S/C40H80N2O2.C5H12.C4H10/c1-6-10-12-14-16-21-27-33-39(32-26-20-15-13-11-7-2)40(43)44-37-30-24-18-23-29-36-42(34-8-3)35-28-22-17-19-25-31-38(5)41-9-4;1-3-5-4-2;1-3-4-2/h39,41H,5-37H2,1-4H3;3-5H2,1-2H3;3-4H2,1-2H3. The molecule has 0 saturated carbocycles. The second kappa shape index (κ2) is 51.0. The molecule has 0 aliphatic heterocycles. The van der Waals surface area contributed by atoms with E-state index in [1.54, 1.807) is 0 Å². The van der Waals surface area contributed by atoms with Gasteiger partial charge in [0.2, 0.25) is 0 Å². The first-order valence-electron chi connectivity index (χ1n) is 24.2. The molecule has 0 amide bonds. The predicted octanol–water partition coefficient (Wildman–Crippen LogP) is 16.2. The molecular formula is C49H102N2O2. The van der Waals surface area contributed by atoms with E-state index in [1.165, 1.54) is 205 Å². The first-order chi connectivity index (χ1) is 25.9. The van der Waals surface area contributed by atoms with Crippen LogP contribution in [0.5, 0.6) is 0 Å². The number of rotatable bonds is 39. The largest absolute Gasteiger partial charge is 0.465 e. The van der Waals surface area contributed by atoms with Crippen LogP contribution in [-0.2, 0) is 9.53 Å². The maximum atomic E-state index is 13.0. The Morgan fingerprint density at radius 1 is 0.472 bits per heavy atom. The van der Waals surface area contributed by atoms with Crippen molar-refractivity contribution in [2.75, 3.05) is 32.8 Å². The Morgan fingerprint density at radius 3 is 1.30 bits per heavy atom. The molecule has 0 aliphatic rings. The minimum atomic E-state index is 0.0960. The molecule has 1 unspecified atom stereocenters. The maximum absolute atomic E-state index is 13.0. The number of hydrogen-bond donors (Lipinski definition) is 1. The van der Waals surface area contributed by atoms with E-state index in [1.807, 2.05) is 0 Å². The number of esters is 1. The third-order valence-electron chi connectivity index (χ3n) is 10.4. The van der Waals surface area contributed by atoms with E-state index in [4.69, 9.17) is 4.74 Å². The van der Waals surface area contributed by atoms with Crippen LogP contribution in [0.1, 0.15) is 261 Å². The van der Waals surface area contributed by atoms with E-state index in [9.17, 15) is 4.79 Å². The van der Waals surface area contributed by atoms with Crippen molar-refractivity contribution in [1.29, 1.82) is 0 Å². The number of carbonyl (C=O) groups excluding carboxylic acids is 1. The fourth-order valence-electron chi connectivity index (χ4n) is 6.71. The Bertz CT molecular complexity index is 677. The monoisotopic (exact) mass is 751 g/mol. The van der Waals surface area contributed by atoms with E-state index in [0.29, 0.717) is 6.61 Å². The Hall–Kier alpha value is -1.03. The number of allylic oxidation sites excluding steroid dienone is 1. The molecule has 0 spiro atoms. The smallest absolute Gasteiger partial charge is 0.308 e. The van der Waals surface area contributed by atoms with E-state index in [2.05, 4.69) is 72.2 Å². The van der Waals surface area contributed by atoms with Crippen LogP contribution in [0.3, 0.4) is 0 Å². The van der Waals surface area contributed by atoms with Crippen molar-refractivity contribution < 1.29 is 9.53 Å². The van der Waals surface area contributed by atoms with Crippen LogP contribution in [0.2, 0.25) is 0 Å². The molecule has 0 heterocycles. The Labute approximate surface area is 336 Å². The first kappa shape index (κ1) is 56.3. The number of nitrogens with zero attached hydrogens (tertiary/aromatic N) is 1. The third-order valence-corrected chi connectivity index (χ3v) is 10.4. The van der Waals surface area contributed by atoms with Crippen molar-refractivity contribution in [2.45, 2.75) is 261 Å². The van der Waals surface area contributed by atoms with Crippen LogP contribution in [0.25, 0.3) is 0 Å². The molecule has 0 aromatic rings. The van der Waals surface area contributed by atoms with Gasteiger partial charge in [0.25, 0.3) is 0 Å². The lowest BCUT2D eigenvalue weighted by molar-refractivity contribution is -0.149. The first-order valence-corrected chi connectivity index (χ1v) is 24.2. The zero-order valence-electron chi connectivity index (χ0n) is 38.2. The molecule has 0 bridgehead atoms. The molecular weight excluding hydrogens is 649 g/mol. The Balaban J connectivity index is -0.00000246. The SMILES string of the molecule is C=C(CCCCCCCN(CCC)CCCCCCCOC(=O)C(CCCCCCCC)CCCCCCCCC)NCC.CCCC.CCCCC. The van der Waals surface area contributed by atoms with Crippen LogP contribution < -0.4 is 5.32 Å². The molecule has 4 nitrogen and oxygen atoms in total.